The monoisotopic (exact) mass is 470 g/mol. The summed E-state index contributed by atoms with van der Waals surface area (Å²) < 4.78 is 32.6. The molecule has 4 rings (SSSR count). The van der Waals surface area contributed by atoms with Crippen molar-refractivity contribution >= 4 is 37.3 Å². The SMILES string of the molecule is O=S(=O)(/N=c1/scc(-c2ccc(Br)cc2)n1-c1ccccc1)c1ccccc1. The molecular formula is C21H15BrN2O2S2. The van der Waals surface area contributed by atoms with Crippen LogP contribution in [-0.4, -0.2) is 13.0 Å². The molecule has 0 fully saturated rings. The third-order valence-corrected chi connectivity index (χ3v) is 6.85. The molecule has 0 aliphatic rings. The van der Waals surface area contributed by atoms with E-state index < -0.39 is 10.0 Å². The summed E-state index contributed by atoms with van der Waals surface area (Å²) in [4.78, 5) is 0.571. The van der Waals surface area contributed by atoms with E-state index >= 15 is 0 Å². The van der Waals surface area contributed by atoms with Crippen LogP contribution in [0.4, 0.5) is 0 Å². The van der Waals surface area contributed by atoms with Crippen molar-refractivity contribution in [2.75, 3.05) is 0 Å². The van der Waals surface area contributed by atoms with Crippen molar-refractivity contribution < 1.29 is 8.42 Å². The lowest BCUT2D eigenvalue weighted by Gasteiger charge is -2.09. The molecule has 0 unspecified atom stereocenters. The van der Waals surface area contributed by atoms with Gasteiger partial charge in [0.15, 0.2) is 0 Å². The first-order valence-electron chi connectivity index (χ1n) is 8.42. The summed E-state index contributed by atoms with van der Waals surface area (Å²) in [6.45, 7) is 0. The Kier molecular flexibility index (Phi) is 5.30. The number of hydrogen-bond acceptors (Lipinski definition) is 3. The minimum atomic E-state index is -3.81. The first kappa shape index (κ1) is 18.9. The van der Waals surface area contributed by atoms with Crippen LogP contribution in [-0.2, 0) is 10.0 Å². The van der Waals surface area contributed by atoms with Crippen molar-refractivity contribution in [3.8, 4) is 16.9 Å². The van der Waals surface area contributed by atoms with Gasteiger partial charge in [-0.1, -0.05) is 64.5 Å². The highest BCUT2D eigenvalue weighted by atomic mass is 79.9. The molecule has 1 heterocycles. The first-order chi connectivity index (χ1) is 13.5. The third-order valence-electron chi connectivity index (χ3n) is 4.10. The van der Waals surface area contributed by atoms with Gasteiger partial charge in [0.25, 0.3) is 10.0 Å². The topological polar surface area (TPSA) is 51.4 Å². The summed E-state index contributed by atoms with van der Waals surface area (Å²) in [5.41, 5.74) is 2.70. The average Bonchev–Trinajstić information content (AvgIpc) is 3.12. The number of nitrogens with zero attached hydrogens (tertiary/aromatic N) is 2. The molecule has 0 bridgehead atoms. The highest BCUT2D eigenvalue weighted by Crippen LogP contribution is 2.25. The Hall–Kier alpha value is -2.48. The first-order valence-corrected chi connectivity index (χ1v) is 11.5. The van der Waals surface area contributed by atoms with Gasteiger partial charge >= 0.3 is 0 Å². The van der Waals surface area contributed by atoms with Gasteiger partial charge in [0, 0.05) is 15.5 Å². The van der Waals surface area contributed by atoms with E-state index in [-0.39, 0.29) is 4.90 Å². The van der Waals surface area contributed by atoms with E-state index in [0.29, 0.717) is 4.80 Å². The summed E-state index contributed by atoms with van der Waals surface area (Å²) >= 11 is 4.75. The maximum absolute atomic E-state index is 12.8. The Bertz CT molecular complexity index is 1260. The second-order valence-electron chi connectivity index (χ2n) is 5.96. The zero-order chi connectivity index (χ0) is 19.6. The van der Waals surface area contributed by atoms with Crippen LogP contribution in [0.2, 0.25) is 0 Å². The van der Waals surface area contributed by atoms with Crippen LogP contribution in [0.25, 0.3) is 16.9 Å². The van der Waals surface area contributed by atoms with Crippen LogP contribution >= 0.6 is 27.3 Å². The smallest absolute Gasteiger partial charge is 0.284 e. The molecule has 4 nitrogen and oxygen atoms in total. The van der Waals surface area contributed by atoms with Crippen LogP contribution in [0, 0.1) is 0 Å². The molecule has 0 aliphatic heterocycles. The molecule has 0 amide bonds. The number of thiazole rings is 1. The summed E-state index contributed by atoms with van der Waals surface area (Å²) in [6.07, 6.45) is 0. The number of benzene rings is 3. The molecular weight excluding hydrogens is 456 g/mol. The van der Waals surface area contributed by atoms with Gasteiger partial charge < -0.3 is 0 Å². The lowest BCUT2D eigenvalue weighted by molar-refractivity contribution is 0.596. The summed E-state index contributed by atoms with van der Waals surface area (Å²) in [5, 5.41) is 1.93. The Morgan fingerprint density at radius 2 is 1.43 bits per heavy atom. The van der Waals surface area contributed by atoms with Gasteiger partial charge in [-0.05, 0) is 42.0 Å². The molecule has 28 heavy (non-hydrogen) atoms. The van der Waals surface area contributed by atoms with Crippen LogP contribution in [0.1, 0.15) is 0 Å². The fourth-order valence-corrected chi connectivity index (χ4v) is 5.16. The van der Waals surface area contributed by atoms with Crippen LogP contribution in [0.3, 0.4) is 0 Å². The number of rotatable bonds is 4. The van der Waals surface area contributed by atoms with Crippen LogP contribution < -0.4 is 4.80 Å². The number of aromatic nitrogens is 1. The minimum Gasteiger partial charge on any atom is -0.284 e. The number of halogens is 1. The van der Waals surface area contributed by atoms with Crippen molar-refractivity contribution in [2.45, 2.75) is 4.90 Å². The summed E-state index contributed by atoms with van der Waals surface area (Å²) in [7, 11) is -3.81. The maximum Gasteiger partial charge on any atom is 0.285 e. The van der Waals surface area contributed by atoms with E-state index in [4.69, 9.17) is 0 Å². The molecule has 1 aromatic heterocycles. The van der Waals surface area contributed by atoms with Gasteiger partial charge in [-0.15, -0.1) is 15.7 Å². The standard InChI is InChI=1S/C21H15BrN2O2S2/c22-17-13-11-16(12-14-17)20-15-27-21(24(20)18-7-3-1-4-8-18)23-28(25,26)19-9-5-2-6-10-19/h1-15H/b23-21+. The Labute approximate surface area is 175 Å². The summed E-state index contributed by atoms with van der Waals surface area (Å²) in [5.74, 6) is 0. The van der Waals surface area contributed by atoms with E-state index in [2.05, 4.69) is 20.3 Å². The van der Waals surface area contributed by atoms with Gasteiger partial charge in [0.05, 0.1) is 10.6 Å². The largest absolute Gasteiger partial charge is 0.285 e. The lowest BCUT2D eigenvalue weighted by atomic mass is 10.1. The van der Waals surface area contributed by atoms with Crippen molar-refractivity contribution in [3.63, 3.8) is 0 Å². The zero-order valence-electron chi connectivity index (χ0n) is 14.6. The fraction of sp³-hybridized carbons (Fsp3) is 0. The third kappa shape index (κ3) is 3.87. The quantitative estimate of drug-likeness (QED) is 0.408. The predicted molar refractivity (Wildman–Crippen MR) is 116 cm³/mol. The second kappa shape index (κ2) is 7.87. The zero-order valence-corrected chi connectivity index (χ0v) is 17.8. The molecule has 7 heteroatoms. The molecule has 0 N–H and O–H groups in total. The average molecular weight is 471 g/mol. The minimum absolute atomic E-state index is 0.174. The van der Waals surface area contributed by atoms with Gasteiger partial charge in [-0.3, -0.25) is 4.57 Å². The van der Waals surface area contributed by atoms with E-state index in [1.54, 1.807) is 30.3 Å². The van der Waals surface area contributed by atoms with Crippen LogP contribution in [0.5, 0.6) is 0 Å². The van der Waals surface area contributed by atoms with Crippen LogP contribution in [0.15, 0.2) is 104 Å². The molecule has 4 aromatic rings. The van der Waals surface area contributed by atoms with Gasteiger partial charge in [0.2, 0.25) is 4.80 Å². The molecule has 0 radical (unpaired) electrons. The van der Waals surface area contributed by atoms with Gasteiger partial charge in [-0.2, -0.15) is 8.42 Å². The maximum atomic E-state index is 12.8. The van der Waals surface area contributed by atoms with Gasteiger partial charge in [-0.25, -0.2) is 0 Å². The number of para-hydroxylation sites is 1. The Morgan fingerprint density at radius 3 is 2.07 bits per heavy atom. The van der Waals surface area contributed by atoms with E-state index in [9.17, 15) is 8.42 Å². The molecule has 0 saturated carbocycles. The van der Waals surface area contributed by atoms with E-state index in [0.717, 1.165) is 21.4 Å². The summed E-state index contributed by atoms with van der Waals surface area (Å²) in [6, 6.07) is 25.8. The molecule has 3 aromatic carbocycles. The molecule has 0 saturated heterocycles. The van der Waals surface area contributed by atoms with Crippen molar-refractivity contribution in [3.05, 3.63) is 99.6 Å². The Balaban J connectivity index is 1.95. The molecule has 140 valence electrons. The predicted octanol–water partition coefficient (Wildman–Crippen LogP) is 5.26. The molecule has 0 atom stereocenters. The Morgan fingerprint density at radius 1 is 0.821 bits per heavy atom. The van der Waals surface area contributed by atoms with E-state index in [1.165, 1.54) is 11.3 Å². The molecule has 0 spiro atoms. The normalized spacial score (nSPS) is 12.2. The van der Waals surface area contributed by atoms with Crippen molar-refractivity contribution in [1.29, 1.82) is 0 Å². The highest BCUT2D eigenvalue weighted by molar-refractivity contribution is 9.10. The van der Waals surface area contributed by atoms with Crippen molar-refractivity contribution in [2.24, 2.45) is 4.40 Å². The second-order valence-corrected chi connectivity index (χ2v) is 9.32. The van der Waals surface area contributed by atoms with E-state index in [1.807, 2.05) is 64.5 Å². The van der Waals surface area contributed by atoms with Crippen molar-refractivity contribution in [1.82, 2.24) is 4.57 Å². The number of hydrogen-bond donors (Lipinski definition) is 0. The molecule has 0 aliphatic carbocycles. The number of sulfonamides is 1. The van der Waals surface area contributed by atoms with Gasteiger partial charge in [0.1, 0.15) is 0 Å². The lowest BCUT2D eigenvalue weighted by Crippen LogP contribution is -2.16. The fourth-order valence-electron chi connectivity index (χ4n) is 2.77. The highest BCUT2D eigenvalue weighted by Gasteiger charge is 2.15.